The van der Waals surface area contributed by atoms with Crippen LogP contribution in [0, 0.1) is 5.92 Å². The lowest BCUT2D eigenvalue weighted by Gasteiger charge is -2.27. The van der Waals surface area contributed by atoms with Gasteiger partial charge in [-0.05, 0) is 32.4 Å². The van der Waals surface area contributed by atoms with E-state index in [0.29, 0.717) is 0 Å². The molecule has 2 unspecified atom stereocenters. The van der Waals surface area contributed by atoms with Gasteiger partial charge in [-0.25, -0.2) is 0 Å². The third-order valence-corrected chi connectivity index (χ3v) is 3.47. The molecule has 2 nitrogen and oxygen atoms in total. The molecule has 1 saturated heterocycles. The molecule has 0 spiro atoms. The van der Waals surface area contributed by atoms with Gasteiger partial charge in [-0.2, -0.15) is 0 Å². The van der Waals surface area contributed by atoms with Crippen molar-refractivity contribution in [3.05, 3.63) is 0 Å². The summed E-state index contributed by atoms with van der Waals surface area (Å²) in [6.07, 6.45) is 5.42. The highest BCUT2D eigenvalue weighted by Gasteiger charge is 2.25. The average molecular weight is 198 g/mol. The number of hydrogen-bond donors (Lipinski definition) is 1. The topological polar surface area (TPSA) is 15.3 Å². The molecule has 14 heavy (non-hydrogen) atoms. The standard InChI is InChI=1S/C12H26N2/c1-4-6-12(9-13-3)14-8-7-11(5-2)10-14/h11-13H,4-10H2,1-3H3. The molecule has 0 radical (unpaired) electrons. The summed E-state index contributed by atoms with van der Waals surface area (Å²) in [5.41, 5.74) is 0. The predicted molar refractivity (Wildman–Crippen MR) is 62.6 cm³/mol. The van der Waals surface area contributed by atoms with Crippen LogP contribution in [0.2, 0.25) is 0 Å². The van der Waals surface area contributed by atoms with Crippen molar-refractivity contribution in [1.29, 1.82) is 0 Å². The Labute approximate surface area is 89.1 Å². The van der Waals surface area contributed by atoms with E-state index in [0.717, 1.165) is 18.5 Å². The summed E-state index contributed by atoms with van der Waals surface area (Å²) in [6.45, 7) is 8.43. The van der Waals surface area contributed by atoms with E-state index in [1.807, 2.05) is 0 Å². The largest absolute Gasteiger partial charge is 0.318 e. The third kappa shape index (κ3) is 3.25. The number of rotatable bonds is 6. The highest BCUT2D eigenvalue weighted by Crippen LogP contribution is 2.22. The van der Waals surface area contributed by atoms with Crippen molar-refractivity contribution < 1.29 is 0 Å². The van der Waals surface area contributed by atoms with E-state index < -0.39 is 0 Å². The normalized spacial score (nSPS) is 25.5. The van der Waals surface area contributed by atoms with Crippen LogP contribution in [-0.4, -0.2) is 37.6 Å². The van der Waals surface area contributed by atoms with Gasteiger partial charge in [0, 0.05) is 19.1 Å². The van der Waals surface area contributed by atoms with Crippen LogP contribution < -0.4 is 5.32 Å². The van der Waals surface area contributed by atoms with Gasteiger partial charge in [0.15, 0.2) is 0 Å². The van der Waals surface area contributed by atoms with Crippen LogP contribution in [-0.2, 0) is 0 Å². The monoisotopic (exact) mass is 198 g/mol. The Bertz CT molecular complexity index is 141. The Hall–Kier alpha value is -0.0800. The van der Waals surface area contributed by atoms with Gasteiger partial charge in [-0.3, -0.25) is 4.90 Å². The van der Waals surface area contributed by atoms with Gasteiger partial charge >= 0.3 is 0 Å². The highest BCUT2D eigenvalue weighted by molar-refractivity contribution is 4.81. The van der Waals surface area contributed by atoms with E-state index in [4.69, 9.17) is 0 Å². The maximum absolute atomic E-state index is 3.32. The van der Waals surface area contributed by atoms with Gasteiger partial charge in [0.1, 0.15) is 0 Å². The summed E-state index contributed by atoms with van der Waals surface area (Å²) in [6, 6.07) is 0.779. The van der Waals surface area contributed by atoms with Gasteiger partial charge in [0.05, 0.1) is 0 Å². The molecule has 1 heterocycles. The molecule has 2 heteroatoms. The summed E-state index contributed by atoms with van der Waals surface area (Å²) < 4.78 is 0. The Kier molecular flexibility index (Phi) is 5.49. The molecule has 1 N–H and O–H groups in total. The first-order valence-electron chi connectivity index (χ1n) is 6.20. The minimum absolute atomic E-state index is 0.779. The van der Waals surface area contributed by atoms with Crippen molar-refractivity contribution in [2.75, 3.05) is 26.7 Å². The Balaban J connectivity index is 2.36. The van der Waals surface area contributed by atoms with Crippen molar-refractivity contribution in [2.45, 2.75) is 45.6 Å². The lowest BCUT2D eigenvalue weighted by Crippen LogP contribution is -2.40. The molecule has 2 atom stereocenters. The van der Waals surface area contributed by atoms with E-state index in [9.17, 15) is 0 Å². The Morgan fingerprint density at radius 1 is 1.43 bits per heavy atom. The maximum Gasteiger partial charge on any atom is 0.0220 e. The first-order valence-corrected chi connectivity index (χ1v) is 6.20. The zero-order valence-electron chi connectivity index (χ0n) is 10.1. The third-order valence-electron chi connectivity index (χ3n) is 3.47. The van der Waals surface area contributed by atoms with E-state index in [-0.39, 0.29) is 0 Å². The molecule has 1 fully saturated rings. The molecule has 0 saturated carbocycles. The Morgan fingerprint density at radius 3 is 2.71 bits per heavy atom. The summed E-state index contributed by atoms with van der Waals surface area (Å²) >= 11 is 0. The van der Waals surface area contributed by atoms with Crippen molar-refractivity contribution in [3.8, 4) is 0 Å². The van der Waals surface area contributed by atoms with Crippen LogP contribution >= 0.6 is 0 Å². The molecule has 1 aliphatic rings. The van der Waals surface area contributed by atoms with Gasteiger partial charge < -0.3 is 5.32 Å². The fourth-order valence-corrected chi connectivity index (χ4v) is 2.51. The minimum Gasteiger partial charge on any atom is -0.318 e. The quantitative estimate of drug-likeness (QED) is 0.703. The SMILES string of the molecule is CCCC(CNC)N1CCC(CC)C1. The molecule has 1 aliphatic heterocycles. The molecular formula is C12H26N2. The Morgan fingerprint density at radius 2 is 2.21 bits per heavy atom. The number of likely N-dealkylation sites (tertiary alicyclic amines) is 1. The van der Waals surface area contributed by atoms with E-state index >= 15 is 0 Å². The summed E-state index contributed by atoms with van der Waals surface area (Å²) in [5, 5.41) is 3.32. The van der Waals surface area contributed by atoms with Crippen LogP contribution in [0.4, 0.5) is 0 Å². The zero-order valence-corrected chi connectivity index (χ0v) is 10.1. The van der Waals surface area contributed by atoms with E-state index in [1.54, 1.807) is 0 Å². The second-order valence-corrected chi connectivity index (χ2v) is 4.56. The number of likely N-dealkylation sites (N-methyl/N-ethyl adjacent to an activating group) is 1. The van der Waals surface area contributed by atoms with Crippen molar-refractivity contribution in [3.63, 3.8) is 0 Å². The summed E-state index contributed by atoms with van der Waals surface area (Å²) in [5.74, 6) is 0.964. The van der Waals surface area contributed by atoms with Crippen molar-refractivity contribution in [1.82, 2.24) is 10.2 Å². The first kappa shape index (κ1) is 12.0. The molecule has 0 bridgehead atoms. The van der Waals surface area contributed by atoms with Crippen molar-refractivity contribution >= 4 is 0 Å². The smallest absolute Gasteiger partial charge is 0.0220 e. The maximum atomic E-state index is 3.32. The molecule has 0 aromatic rings. The van der Waals surface area contributed by atoms with Crippen LogP contribution in [0.3, 0.4) is 0 Å². The molecule has 1 rings (SSSR count). The fraction of sp³-hybridized carbons (Fsp3) is 1.00. The minimum atomic E-state index is 0.779. The highest BCUT2D eigenvalue weighted by atomic mass is 15.2. The lowest BCUT2D eigenvalue weighted by molar-refractivity contribution is 0.217. The van der Waals surface area contributed by atoms with Gasteiger partial charge in [0.25, 0.3) is 0 Å². The van der Waals surface area contributed by atoms with Crippen LogP contribution in [0.1, 0.15) is 39.5 Å². The van der Waals surface area contributed by atoms with Crippen LogP contribution in [0.15, 0.2) is 0 Å². The molecule has 0 aliphatic carbocycles. The van der Waals surface area contributed by atoms with Gasteiger partial charge in [-0.1, -0.05) is 26.7 Å². The van der Waals surface area contributed by atoms with Crippen LogP contribution in [0.25, 0.3) is 0 Å². The van der Waals surface area contributed by atoms with Crippen molar-refractivity contribution in [2.24, 2.45) is 5.92 Å². The molecule has 0 aromatic carbocycles. The first-order chi connectivity index (χ1) is 6.81. The van der Waals surface area contributed by atoms with E-state index in [2.05, 4.69) is 31.1 Å². The number of nitrogens with one attached hydrogen (secondary N) is 1. The van der Waals surface area contributed by atoms with Gasteiger partial charge in [-0.15, -0.1) is 0 Å². The lowest BCUT2D eigenvalue weighted by atomic mass is 10.1. The molecule has 0 amide bonds. The summed E-state index contributed by atoms with van der Waals surface area (Å²) in [7, 11) is 2.07. The second kappa shape index (κ2) is 6.41. The zero-order chi connectivity index (χ0) is 10.4. The number of hydrogen-bond acceptors (Lipinski definition) is 2. The summed E-state index contributed by atoms with van der Waals surface area (Å²) in [4.78, 5) is 2.69. The average Bonchev–Trinajstić information content (AvgIpc) is 2.65. The number of nitrogens with zero attached hydrogens (tertiary/aromatic N) is 1. The molecule has 0 aromatic heterocycles. The second-order valence-electron chi connectivity index (χ2n) is 4.56. The van der Waals surface area contributed by atoms with E-state index in [1.165, 1.54) is 38.8 Å². The predicted octanol–water partition coefficient (Wildman–Crippen LogP) is 2.11. The fourth-order valence-electron chi connectivity index (χ4n) is 2.51. The molecule has 84 valence electrons. The molecular weight excluding hydrogens is 172 g/mol. The van der Waals surface area contributed by atoms with Gasteiger partial charge in [0.2, 0.25) is 0 Å². The van der Waals surface area contributed by atoms with Crippen LogP contribution in [0.5, 0.6) is 0 Å².